The van der Waals surface area contributed by atoms with Crippen molar-refractivity contribution in [3.05, 3.63) is 35.4 Å². The maximum absolute atomic E-state index is 12.8. The van der Waals surface area contributed by atoms with E-state index in [1.54, 1.807) is 0 Å². The number of ether oxygens (including phenoxy) is 1. The molecule has 0 saturated carbocycles. The zero-order valence-corrected chi connectivity index (χ0v) is 13.1. The Hall–Kier alpha value is -2.09. The zero-order valence-electron chi connectivity index (χ0n) is 13.1. The number of aliphatic carboxylic acids is 1. The number of carbonyl (C=O) groups is 2. The minimum absolute atomic E-state index is 0.0608. The average Bonchev–Trinajstić information content (AvgIpc) is 2.54. The van der Waals surface area contributed by atoms with Crippen LogP contribution in [0.15, 0.2) is 24.3 Å². The molecule has 132 valence electrons. The molecule has 1 heterocycles. The third-order valence-corrected chi connectivity index (χ3v) is 4.18. The van der Waals surface area contributed by atoms with Crippen molar-refractivity contribution in [3.8, 4) is 0 Å². The van der Waals surface area contributed by atoms with Gasteiger partial charge in [-0.25, -0.2) is 0 Å². The van der Waals surface area contributed by atoms with Crippen LogP contribution in [-0.2, 0) is 15.7 Å². The number of methoxy groups -OCH3 is 1. The van der Waals surface area contributed by atoms with Crippen LogP contribution < -0.4 is 0 Å². The van der Waals surface area contributed by atoms with Crippen LogP contribution in [0.4, 0.5) is 13.2 Å². The summed E-state index contributed by atoms with van der Waals surface area (Å²) in [5.74, 6) is -1.69. The highest BCUT2D eigenvalue weighted by atomic mass is 19.4. The lowest BCUT2D eigenvalue weighted by Gasteiger charge is -2.39. The van der Waals surface area contributed by atoms with E-state index in [1.807, 2.05) is 0 Å². The standard InChI is InChI=1S/C16H18F3NO4/c1-24-10-15(14(22)23)6-3-7-20(9-15)13(21)11-4-2-5-12(8-11)16(17,18)19/h2,4-5,8H,3,6-7,9-10H2,1H3,(H,22,23). The fourth-order valence-electron chi connectivity index (χ4n) is 2.95. The molecule has 2 rings (SSSR count). The first-order valence-electron chi connectivity index (χ1n) is 7.38. The topological polar surface area (TPSA) is 66.8 Å². The number of rotatable bonds is 4. The van der Waals surface area contributed by atoms with E-state index in [0.29, 0.717) is 19.4 Å². The molecule has 1 aromatic carbocycles. The van der Waals surface area contributed by atoms with Crippen LogP contribution in [0.25, 0.3) is 0 Å². The molecule has 0 aromatic heterocycles. The summed E-state index contributed by atoms with van der Waals surface area (Å²) >= 11 is 0. The number of likely N-dealkylation sites (tertiary alicyclic amines) is 1. The Labute approximate surface area is 137 Å². The van der Waals surface area contributed by atoms with Crippen molar-refractivity contribution in [1.82, 2.24) is 4.90 Å². The molecule has 1 amide bonds. The van der Waals surface area contributed by atoms with Gasteiger partial charge in [0.1, 0.15) is 5.41 Å². The summed E-state index contributed by atoms with van der Waals surface area (Å²) in [5, 5.41) is 9.47. The maximum atomic E-state index is 12.8. The zero-order chi connectivity index (χ0) is 18.0. The first-order valence-corrected chi connectivity index (χ1v) is 7.38. The van der Waals surface area contributed by atoms with Gasteiger partial charge in [-0.2, -0.15) is 13.2 Å². The number of alkyl halides is 3. The molecule has 0 spiro atoms. The molecule has 1 fully saturated rings. The normalized spacial score (nSPS) is 21.6. The predicted octanol–water partition coefficient (Wildman–Crippen LogP) is 2.66. The summed E-state index contributed by atoms with van der Waals surface area (Å²) in [6.07, 6.45) is -3.75. The van der Waals surface area contributed by atoms with Gasteiger partial charge in [0.2, 0.25) is 0 Å². The Balaban J connectivity index is 2.25. The molecule has 0 aliphatic carbocycles. The molecule has 1 aromatic rings. The van der Waals surface area contributed by atoms with E-state index in [2.05, 4.69) is 0 Å². The molecule has 5 nitrogen and oxygen atoms in total. The molecule has 1 unspecified atom stereocenters. The second kappa shape index (κ2) is 6.80. The molecule has 8 heteroatoms. The van der Waals surface area contributed by atoms with Gasteiger partial charge in [0, 0.05) is 25.8 Å². The number of carbonyl (C=O) groups excluding carboxylic acids is 1. The van der Waals surface area contributed by atoms with E-state index in [0.717, 1.165) is 12.1 Å². The summed E-state index contributed by atoms with van der Waals surface area (Å²) in [6, 6.07) is 4.14. The van der Waals surface area contributed by atoms with E-state index in [1.165, 1.54) is 24.1 Å². The van der Waals surface area contributed by atoms with Crippen molar-refractivity contribution < 1.29 is 32.6 Å². The monoisotopic (exact) mass is 345 g/mol. The van der Waals surface area contributed by atoms with Gasteiger partial charge >= 0.3 is 12.1 Å². The van der Waals surface area contributed by atoms with E-state index in [-0.39, 0.29) is 18.7 Å². The fourth-order valence-corrected chi connectivity index (χ4v) is 2.95. The number of benzene rings is 1. The lowest BCUT2D eigenvalue weighted by atomic mass is 9.80. The number of amides is 1. The first-order chi connectivity index (χ1) is 11.2. The highest BCUT2D eigenvalue weighted by Gasteiger charge is 2.44. The predicted molar refractivity (Wildman–Crippen MR) is 78.5 cm³/mol. The number of carboxylic acids is 1. The molecule has 1 aliphatic heterocycles. The maximum Gasteiger partial charge on any atom is 0.416 e. The highest BCUT2D eigenvalue weighted by molar-refractivity contribution is 5.95. The van der Waals surface area contributed by atoms with Crippen molar-refractivity contribution in [2.45, 2.75) is 19.0 Å². The minimum atomic E-state index is -4.54. The van der Waals surface area contributed by atoms with Crippen LogP contribution in [0.2, 0.25) is 0 Å². The lowest BCUT2D eigenvalue weighted by molar-refractivity contribution is -0.155. The number of halogens is 3. The van der Waals surface area contributed by atoms with Gasteiger partial charge in [-0.3, -0.25) is 9.59 Å². The van der Waals surface area contributed by atoms with Gasteiger partial charge in [-0.1, -0.05) is 6.07 Å². The van der Waals surface area contributed by atoms with Gasteiger partial charge < -0.3 is 14.7 Å². The number of hydrogen-bond donors (Lipinski definition) is 1. The number of piperidine rings is 1. The summed E-state index contributed by atoms with van der Waals surface area (Å²) in [6.45, 7) is 0.147. The Morgan fingerprint density at radius 3 is 2.67 bits per heavy atom. The molecular formula is C16H18F3NO4. The Morgan fingerprint density at radius 1 is 1.38 bits per heavy atom. The molecular weight excluding hydrogens is 327 g/mol. The SMILES string of the molecule is COCC1(C(=O)O)CCCN(C(=O)c2cccc(C(F)(F)F)c2)C1. The molecule has 1 aliphatic rings. The summed E-state index contributed by atoms with van der Waals surface area (Å²) < 4.78 is 43.3. The van der Waals surface area contributed by atoms with Crippen LogP contribution >= 0.6 is 0 Å². The molecule has 0 radical (unpaired) electrons. The Morgan fingerprint density at radius 2 is 2.08 bits per heavy atom. The first kappa shape index (κ1) is 18.3. The van der Waals surface area contributed by atoms with Gasteiger partial charge in [-0.05, 0) is 31.0 Å². The number of nitrogens with zero attached hydrogens (tertiary/aromatic N) is 1. The number of carboxylic acid groups (broad SMARTS) is 1. The van der Waals surface area contributed by atoms with Crippen LogP contribution in [-0.4, -0.2) is 48.7 Å². The average molecular weight is 345 g/mol. The van der Waals surface area contributed by atoms with Crippen molar-refractivity contribution in [3.63, 3.8) is 0 Å². The molecule has 0 bridgehead atoms. The van der Waals surface area contributed by atoms with Crippen molar-refractivity contribution in [2.75, 3.05) is 26.8 Å². The highest BCUT2D eigenvalue weighted by Crippen LogP contribution is 2.33. The van der Waals surface area contributed by atoms with Gasteiger partial charge in [0.25, 0.3) is 5.91 Å². The molecule has 24 heavy (non-hydrogen) atoms. The summed E-state index contributed by atoms with van der Waals surface area (Å²) in [4.78, 5) is 25.4. The number of hydrogen-bond acceptors (Lipinski definition) is 3. The molecule has 1 atom stereocenters. The van der Waals surface area contributed by atoms with Crippen LogP contribution in [0.5, 0.6) is 0 Å². The van der Waals surface area contributed by atoms with E-state index >= 15 is 0 Å². The fraction of sp³-hybridized carbons (Fsp3) is 0.500. The minimum Gasteiger partial charge on any atom is -0.481 e. The second-order valence-electron chi connectivity index (χ2n) is 5.93. The van der Waals surface area contributed by atoms with Crippen molar-refractivity contribution in [2.24, 2.45) is 5.41 Å². The van der Waals surface area contributed by atoms with E-state index < -0.39 is 29.0 Å². The van der Waals surface area contributed by atoms with E-state index in [9.17, 15) is 27.9 Å². The second-order valence-corrected chi connectivity index (χ2v) is 5.93. The van der Waals surface area contributed by atoms with Crippen LogP contribution in [0.3, 0.4) is 0 Å². The van der Waals surface area contributed by atoms with Gasteiger partial charge in [-0.15, -0.1) is 0 Å². The lowest BCUT2D eigenvalue weighted by Crippen LogP contribution is -2.52. The van der Waals surface area contributed by atoms with Crippen LogP contribution in [0, 0.1) is 5.41 Å². The summed E-state index contributed by atoms with van der Waals surface area (Å²) in [7, 11) is 1.37. The van der Waals surface area contributed by atoms with Crippen molar-refractivity contribution in [1.29, 1.82) is 0 Å². The van der Waals surface area contributed by atoms with Gasteiger partial charge in [0.05, 0.1) is 12.2 Å². The Bertz CT molecular complexity index is 628. The quantitative estimate of drug-likeness (QED) is 0.911. The summed E-state index contributed by atoms with van der Waals surface area (Å²) in [5.41, 5.74) is -2.25. The van der Waals surface area contributed by atoms with Gasteiger partial charge in [0.15, 0.2) is 0 Å². The molecule has 1 saturated heterocycles. The third kappa shape index (κ3) is 3.69. The Kier molecular flexibility index (Phi) is 5.17. The van der Waals surface area contributed by atoms with Crippen molar-refractivity contribution >= 4 is 11.9 Å². The molecule has 1 N–H and O–H groups in total. The third-order valence-electron chi connectivity index (χ3n) is 4.18. The van der Waals surface area contributed by atoms with Crippen LogP contribution in [0.1, 0.15) is 28.8 Å². The smallest absolute Gasteiger partial charge is 0.416 e. The largest absolute Gasteiger partial charge is 0.481 e. The van der Waals surface area contributed by atoms with E-state index in [4.69, 9.17) is 4.74 Å².